The third-order valence-corrected chi connectivity index (χ3v) is 7.06. The predicted octanol–water partition coefficient (Wildman–Crippen LogP) is 2.98. The number of rotatable bonds is 9. The molecule has 0 radical (unpaired) electrons. The Morgan fingerprint density at radius 2 is 1.90 bits per heavy atom. The fourth-order valence-electron chi connectivity index (χ4n) is 3.02. The van der Waals surface area contributed by atoms with Crippen LogP contribution in [-0.4, -0.2) is 53.5 Å². The van der Waals surface area contributed by atoms with Crippen molar-refractivity contribution in [2.75, 3.05) is 29.7 Å². The minimum atomic E-state index is -3.79. The van der Waals surface area contributed by atoms with Crippen LogP contribution in [0.2, 0.25) is 0 Å². The summed E-state index contributed by atoms with van der Waals surface area (Å²) in [6, 6.07) is 5.00. The van der Waals surface area contributed by atoms with Gasteiger partial charge < -0.3 is 10.4 Å². The Balaban J connectivity index is 1.82. The number of halogens is 2. The molecule has 3 N–H and O–H groups in total. The molecule has 1 saturated heterocycles. The molecular weight excluding hydrogens is 448 g/mol. The maximum Gasteiger partial charge on any atom is 0.302 e. The Labute approximate surface area is 184 Å². The van der Waals surface area contributed by atoms with Gasteiger partial charge in [-0.25, -0.2) is 18.7 Å². The van der Waals surface area contributed by atoms with Gasteiger partial charge in [0, 0.05) is 36.5 Å². The SMILES string of the molecule is C[C@H](CO)Nc1cc(NS(=O)(=O)N2CCCCC2)nc(SCc2cccc(F)c2F)n1. The standard InChI is InChI=1S/C19H25F2N5O3S2/c1-13(11-27)22-16-10-17(25-31(28,29)26-8-3-2-4-9-26)24-19(23-16)30-12-14-6-5-7-15(20)18(14)21/h5-7,10,13,27H,2-4,8-9,11-12H2,1H3,(H2,22,23,24,25)/t13-/m1/s1. The van der Waals surface area contributed by atoms with Gasteiger partial charge in [0.05, 0.1) is 6.61 Å². The van der Waals surface area contributed by atoms with Crippen LogP contribution >= 0.6 is 11.8 Å². The molecular formula is C19H25F2N5O3S2. The zero-order chi connectivity index (χ0) is 22.4. The molecule has 0 bridgehead atoms. The maximum atomic E-state index is 13.9. The van der Waals surface area contributed by atoms with Crippen molar-refractivity contribution < 1.29 is 22.3 Å². The van der Waals surface area contributed by atoms with Crippen molar-refractivity contribution in [2.24, 2.45) is 0 Å². The van der Waals surface area contributed by atoms with E-state index in [1.807, 2.05) is 0 Å². The molecule has 31 heavy (non-hydrogen) atoms. The minimum Gasteiger partial charge on any atom is -0.394 e. The molecule has 170 valence electrons. The second kappa shape index (κ2) is 10.5. The fraction of sp³-hybridized carbons (Fsp3) is 0.474. The number of nitrogens with one attached hydrogen (secondary N) is 2. The molecule has 1 aliphatic heterocycles. The van der Waals surface area contributed by atoms with E-state index in [0.717, 1.165) is 37.1 Å². The molecule has 2 heterocycles. The first-order valence-corrected chi connectivity index (χ1v) is 12.3. The lowest BCUT2D eigenvalue weighted by Gasteiger charge is -2.26. The minimum absolute atomic E-state index is 0.0513. The van der Waals surface area contributed by atoms with E-state index in [2.05, 4.69) is 20.0 Å². The van der Waals surface area contributed by atoms with E-state index < -0.39 is 21.8 Å². The molecule has 1 aromatic heterocycles. The number of hydrogen-bond donors (Lipinski definition) is 3. The molecule has 0 spiro atoms. The summed E-state index contributed by atoms with van der Waals surface area (Å²) in [4.78, 5) is 8.53. The molecule has 0 amide bonds. The zero-order valence-corrected chi connectivity index (χ0v) is 18.6. The Morgan fingerprint density at radius 3 is 2.61 bits per heavy atom. The van der Waals surface area contributed by atoms with E-state index in [1.165, 1.54) is 22.5 Å². The Bertz CT molecular complexity index is 1000. The Hall–Kier alpha value is -2.02. The zero-order valence-electron chi connectivity index (χ0n) is 17.0. The molecule has 1 atom stereocenters. The monoisotopic (exact) mass is 473 g/mol. The van der Waals surface area contributed by atoms with Crippen LogP contribution in [0, 0.1) is 11.6 Å². The number of piperidine rings is 1. The first-order chi connectivity index (χ1) is 14.8. The number of aromatic nitrogens is 2. The second-order valence-electron chi connectivity index (χ2n) is 7.22. The van der Waals surface area contributed by atoms with Crippen molar-refractivity contribution >= 4 is 33.6 Å². The largest absolute Gasteiger partial charge is 0.394 e. The van der Waals surface area contributed by atoms with Crippen LogP contribution in [0.1, 0.15) is 31.7 Å². The Morgan fingerprint density at radius 1 is 1.19 bits per heavy atom. The number of anilines is 2. The van der Waals surface area contributed by atoms with E-state index in [-0.39, 0.29) is 34.9 Å². The van der Waals surface area contributed by atoms with Crippen LogP contribution in [-0.2, 0) is 16.0 Å². The summed E-state index contributed by atoms with van der Waals surface area (Å²) in [5, 5.41) is 12.4. The molecule has 0 saturated carbocycles. The molecule has 8 nitrogen and oxygen atoms in total. The van der Waals surface area contributed by atoms with E-state index in [1.54, 1.807) is 6.92 Å². The number of benzene rings is 1. The topological polar surface area (TPSA) is 107 Å². The molecule has 1 fully saturated rings. The lowest BCUT2D eigenvalue weighted by atomic mass is 10.2. The van der Waals surface area contributed by atoms with E-state index in [9.17, 15) is 22.3 Å². The summed E-state index contributed by atoms with van der Waals surface area (Å²) in [6.45, 7) is 2.45. The van der Waals surface area contributed by atoms with Gasteiger partial charge in [-0.3, -0.25) is 4.72 Å². The van der Waals surface area contributed by atoms with Crippen molar-refractivity contribution in [1.29, 1.82) is 0 Å². The third-order valence-electron chi connectivity index (χ3n) is 4.65. The highest BCUT2D eigenvalue weighted by molar-refractivity contribution is 7.98. The van der Waals surface area contributed by atoms with Gasteiger partial charge in [0.1, 0.15) is 11.6 Å². The van der Waals surface area contributed by atoms with E-state index in [4.69, 9.17) is 0 Å². The predicted molar refractivity (Wildman–Crippen MR) is 116 cm³/mol. The maximum absolute atomic E-state index is 13.9. The highest BCUT2D eigenvalue weighted by Gasteiger charge is 2.24. The normalized spacial score (nSPS) is 16.1. The van der Waals surface area contributed by atoms with Gasteiger partial charge in [0.15, 0.2) is 16.8 Å². The lowest BCUT2D eigenvalue weighted by Crippen LogP contribution is -2.39. The quantitative estimate of drug-likeness (QED) is 0.380. The molecule has 3 rings (SSSR count). The fourth-order valence-corrected chi connectivity index (χ4v) is 5.09. The summed E-state index contributed by atoms with van der Waals surface area (Å²) in [5.41, 5.74) is 0.145. The van der Waals surface area contributed by atoms with Gasteiger partial charge in [-0.05, 0) is 25.8 Å². The lowest BCUT2D eigenvalue weighted by molar-refractivity contribution is 0.281. The van der Waals surface area contributed by atoms with Gasteiger partial charge in [-0.1, -0.05) is 30.3 Å². The van der Waals surface area contributed by atoms with Crippen molar-refractivity contribution in [3.8, 4) is 0 Å². The number of thioether (sulfide) groups is 1. The first kappa shape index (κ1) is 23.6. The third kappa shape index (κ3) is 6.48. The van der Waals surface area contributed by atoms with Crippen LogP contribution in [0.15, 0.2) is 29.4 Å². The van der Waals surface area contributed by atoms with Gasteiger partial charge in [0.25, 0.3) is 0 Å². The summed E-state index contributed by atoms with van der Waals surface area (Å²) >= 11 is 1.04. The van der Waals surface area contributed by atoms with Crippen molar-refractivity contribution in [1.82, 2.24) is 14.3 Å². The Kier molecular flexibility index (Phi) is 8.03. The van der Waals surface area contributed by atoms with Crippen LogP contribution in [0.5, 0.6) is 0 Å². The smallest absolute Gasteiger partial charge is 0.302 e. The summed E-state index contributed by atoms with van der Waals surface area (Å²) in [6.07, 6.45) is 2.59. The summed E-state index contributed by atoms with van der Waals surface area (Å²) in [5.74, 6) is -1.48. The average Bonchev–Trinajstić information content (AvgIpc) is 2.75. The van der Waals surface area contributed by atoms with Crippen molar-refractivity contribution in [3.05, 3.63) is 41.5 Å². The molecule has 0 aliphatic carbocycles. The van der Waals surface area contributed by atoms with Gasteiger partial charge in [-0.2, -0.15) is 12.7 Å². The molecule has 0 unspecified atom stereocenters. The van der Waals surface area contributed by atoms with Crippen LogP contribution in [0.4, 0.5) is 20.4 Å². The highest BCUT2D eigenvalue weighted by atomic mass is 32.2. The van der Waals surface area contributed by atoms with E-state index >= 15 is 0 Å². The molecule has 2 aromatic rings. The van der Waals surface area contributed by atoms with Crippen LogP contribution in [0.25, 0.3) is 0 Å². The number of hydrogen-bond acceptors (Lipinski definition) is 7. The van der Waals surface area contributed by atoms with Gasteiger partial charge >= 0.3 is 10.2 Å². The van der Waals surface area contributed by atoms with Crippen molar-refractivity contribution in [2.45, 2.75) is 43.1 Å². The van der Waals surface area contributed by atoms with Gasteiger partial charge in [-0.15, -0.1) is 0 Å². The molecule has 1 aliphatic rings. The van der Waals surface area contributed by atoms with Gasteiger partial charge in [0.2, 0.25) is 0 Å². The summed E-state index contributed by atoms with van der Waals surface area (Å²) in [7, 11) is -3.79. The van der Waals surface area contributed by atoms with Crippen molar-refractivity contribution in [3.63, 3.8) is 0 Å². The first-order valence-electron chi connectivity index (χ1n) is 9.88. The second-order valence-corrected chi connectivity index (χ2v) is 9.83. The molecule has 1 aromatic carbocycles. The number of aliphatic hydroxyl groups excluding tert-OH is 1. The van der Waals surface area contributed by atoms with E-state index in [0.29, 0.717) is 18.9 Å². The highest BCUT2D eigenvalue weighted by Crippen LogP contribution is 2.26. The average molecular weight is 474 g/mol. The number of aliphatic hydroxyl groups is 1. The number of nitrogens with zero attached hydrogens (tertiary/aromatic N) is 3. The molecule has 12 heteroatoms. The van der Waals surface area contributed by atoms with Crippen LogP contribution in [0.3, 0.4) is 0 Å². The summed E-state index contributed by atoms with van der Waals surface area (Å²) < 4.78 is 56.7. The van der Waals surface area contributed by atoms with Crippen LogP contribution < -0.4 is 10.0 Å².